The van der Waals surface area contributed by atoms with Gasteiger partial charge in [0.1, 0.15) is 0 Å². The number of rotatable bonds is 3. The Kier molecular flexibility index (Phi) is 4.92. The van der Waals surface area contributed by atoms with Crippen molar-refractivity contribution in [3.8, 4) is 22.5 Å². The highest BCUT2D eigenvalue weighted by atomic mass is 15.0. The van der Waals surface area contributed by atoms with Gasteiger partial charge < -0.3 is 9.13 Å². The fourth-order valence-corrected chi connectivity index (χ4v) is 6.24. The van der Waals surface area contributed by atoms with E-state index >= 15 is 0 Å². The third-order valence-electron chi connectivity index (χ3n) is 7.97. The number of hydrogen-bond acceptors (Lipinski definition) is 0. The van der Waals surface area contributed by atoms with E-state index in [1.807, 2.05) is 0 Å². The average Bonchev–Trinajstić information content (AvgIpc) is 3.37. The van der Waals surface area contributed by atoms with Crippen LogP contribution in [0, 0.1) is 0 Å². The van der Waals surface area contributed by atoms with E-state index in [1.54, 1.807) is 0 Å². The number of para-hydroxylation sites is 2. The highest BCUT2D eigenvalue weighted by Gasteiger charge is 2.18. The van der Waals surface area contributed by atoms with Crippen LogP contribution < -0.4 is 0 Å². The molecular weight excluding hydrogens is 472 g/mol. The minimum absolute atomic E-state index is 0.940. The Labute approximate surface area is 227 Å². The molecule has 1 aliphatic rings. The van der Waals surface area contributed by atoms with E-state index in [2.05, 4.69) is 155 Å². The van der Waals surface area contributed by atoms with Crippen molar-refractivity contribution in [2.24, 2.45) is 0 Å². The summed E-state index contributed by atoms with van der Waals surface area (Å²) < 4.78 is 4.83. The smallest absolute Gasteiger partial charge is 0.0542 e. The molecule has 2 heteroatoms. The van der Waals surface area contributed by atoms with Gasteiger partial charge in [0.25, 0.3) is 0 Å². The molecule has 2 heterocycles. The summed E-state index contributed by atoms with van der Waals surface area (Å²) in [4.78, 5) is 0. The van der Waals surface area contributed by atoms with Gasteiger partial charge in [-0.15, -0.1) is 0 Å². The first-order chi connectivity index (χ1) is 19.4. The molecule has 0 aliphatic heterocycles. The molecule has 8 rings (SSSR count). The lowest BCUT2D eigenvalue weighted by Crippen LogP contribution is -1.98. The molecular formula is C37H26N2. The Hall–Kier alpha value is -5.08. The fourth-order valence-electron chi connectivity index (χ4n) is 6.24. The standard InChI is InChI=1S/C37H26N2/c1-3-12-26(13-4-1)27-14-11-15-28(24-27)38-36-21-10-8-18-32(36)33-25-29(22-23-37(33)38)39-34-19-6-2-5-16-30(34)31-17-7-9-20-35(31)39/h1-15,17-25H,16H2. The third kappa shape index (κ3) is 3.42. The summed E-state index contributed by atoms with van der Waals surface area (Å²) in [5.74, 6) is 0. The second kappa shape index (κ2) is 8.75. The Morgan fingerprint density at radius 3 is 2.03 bits per heavy atom. The molecule has 0 amide bonds. The topological polar surface area (TPSA) is 9.86 Å². The molecule has 5 aromatic carbocycles. The third-order valence-corrected chi connectivity index (χ3v) is 7.97. The highest BCUT2D eigenvalue weighted by molar-refractivity contribution is 6.10. The van der Waals surface area contributed by atoms with E-state index in [-0.39, 0.29) is 0 Å². The van der Waals surface area contributed by atoms with Gasteiger partial charge in [-0.2, -0.15) is 0 Å². The van der Waals surface area contributed by atoms with Crippen LogP contribution in [0.3, 0.4) is 0 Å². The van der Waals surface area contributed by atoms with Crippen molar-refractivity contribution in [3.05, 3.63) is 151 Å². The zero-order valence-corrected chi connectivity index (χ0v) is 21.5. The highest BCUT2D eigenvalue weighted by Crippen LogP contribution is 2.37. The number of benzene rings is 5. The van der Waals surface area contributed by atoms with Gasteiger partial charge in [-0.3, -0.25) is 0 Å². The maximum absolute atomic E-state index is 2.43. The summed E-state index contributed by atoms with van der Waals surface area (Å²) >= 11 is 0. The minimum atomic E-state index is 0.940. The first-order valence-corrected chi connectivity index (χ1v) is 13.5. The van der Waals surface area contributed by atoms with Crippen molar-refractivity contribution < 1.29 is 0 Å². The van der Waals surface area contributed by atoms with Gasteiger partial charge in [-0.25, -0.2) is 0 Å². The molecule has 0 N–H and O–H groups in total. The molecule has 0 unspecified atom stereocenters. The molecule has 2 aromatic heterocycles. The van der Waals surface area contributed by atoms with E-state index in [0.29, 0.717) is 0 Å². The van der Waals surface area contributed by atoms with E-state index in [1.165, 1.54) is 66.5 Å². The predicted octanol–water partition coefficient (Wildman–Crippen LogP) is 9.52. The molecule has 0 radical (unpaired) electrons. The van der Waals surface area contributed by atoms with Gasteiger partial charge in [0.2, 0.25) is 0 Å². The zero-order valence-electron chi connectivity index (χ0n) is 21.5. The summed E-state index contributed by atoms with van der Waals surface area (Å²) in [6.07, 6.45) is 9.75. The molecule has 0 bridgehead atoms. The molecule has 1 aliphatic carbocycles. The number of allylic oxidation sites excluding steroid dienone is 3. The van der Waals surface area contributed by atoms with Gasteiger partial charge in [-0.1, -0.05) is 97.1 Å². The molecule has 2 nitrogen and oxygen atoms in total. The summed E-state index contributed by atoms with van der Waals surface area (Å²) in [6, 6.07) is 43.9. The predicted molar refractivity (Wildman–Crippen MR) is 165 cm³/mol. The lowest BCUT2D eigenvalue weighted by Gasteiger charge is -2.12. The maximum Gasteiger partial charge on any atom is 0.0542 e. The van der Waals surface area contributed by atoms with Crippen LogP contribution >= 0.6 is 0 Å². The summed E-state index contributed by atoms with van der Waals surface area (Å²) in [6.45, 7) is 0. The van der Waals surface area contributed by atoms with Gasteiger partial charge in [-0.05, 0) is 71.7 Å². The molecule has 7 aromatic rings. The molecule has 184 valence electrons. The molecule has 0 saturated carbocycles. The van der Waals surface area contributed by atoms with Gasteiger partial charge in [0, 0.05) is 27.5 Å². The fraction of sp³-hybridized carbons (Fsp3) is 0.0270. The normalized spacial score (nSPS) is 12.8. The monoisotopic (exact) mass is 498 g/mol. The van der Waals surface area contributed by atoms with Crippen LogP contribution in [-0.2, 0) is 6.42 Å². The van der Waals surface area contributed by atoms with E-state index < -0.39 is 0 Å². The summed E-state index contributed by atoms with van der Waals surface area (Å²) in [5.41, 5.74) is 11.1. The molecule has 0 spiro atoms. The zero-order chi connectivity index (χ0) is 25.8. The molecule has 39 heavy (non-hydrogen) atoms. The van der Waals surface area contributed by atoms with Crippen LogP contribution in [0.25, 0.3) is 61.3 Å². The lowest BCUT2D eigenvalue weighted by atomic mass is 10.1. The van der Waals surface area contributed by atoms with E-state index in [4.69, 9.17) is 0 Å². The second-order valence-corrected chi connectivity index (χ2v) is 10.2. The van der Waals surface area contributed by atoms with Crippen molar-refractivity contribution in [2.45, 2.75) is 6.42 Å². The Bertz CT molecular complexity index is 2080. The quantitative estimate of drug-likeness (QED) is 0.230. The first-order valence-electron chi connectivity index (χ1n) is 13.5. The van der Waals surface area contributed by atoms with Crippen LogP contribution in [0.5, 0.6) is 0 Å². The van der Waals surface area contributed by atoms with Gasteiger partial charge in [0.05, 0.1) is 22.2 Å². The molecule has 0 saturated heterocycles. The van der Waals surface area contributed by atoms with Crippen LogP contribution in [-0.4, -0.2) is 9.13 Å². The van der Waals surface area contributed by atoms with E-state index in [0.717, 1.165) is 6.42 Å². The minimum Gasteiger partial charge on any atom is -0.310 e. The molecule has 0 atom stereocenters. The van der Waals surface area contributed by atoms with Crippen LogP contribution in [0.1, 0.15) is 11.3 Å². The Balaban J connectivity index is 1.38. The Morgan fingerprint density at radius 2 is 1.15 bits per heavy atom. The van der Waals surface area contributed by atoms with E-state index in [9.17, 15) is 0 Å². The largest absolute Gasteiger partial charge is 0.310 e. The summed E-state index contributed by atoms with van der Waals surface area (Å²) in [5, 5.41) is 3.85. The Morgan fingerprint density at radius 1 is 0.462 bits per heavy atom. The number of nitrogens with zero attached hydrogens (tertiary/aromatic N) is 2. The first kappa shape index (κ1) is 22.0. The molecule has 0 fully saturated rings. The van der Waals surface area contributed by atoms with Crippen LogP contribution in [0.2, 0.25) is 0 Å². The van der Waals surface area contributed by atoms with Gasteiger partial charge in [0.15, 0.2) is 0 Å². The average molecular weight is 499 g/mol. The number of hydrogen-bond donors (Lipinski definition) is 0. The van der Waals surface area contributed by atoms with Crippen molar-refractivity contribution in [3.63, 3.8) is 0 Å². The van der Waals surface area contributed by atoms with Gasteiger partial charge >= 0.3 is 0 Å². The number of fused-ring (bicyclic) bond motifs is 6. The van der Waals surface area contributed by atoms with Crippen molar-refractivity contribution in [2.75, 3.05) is 0 Å². The lowest BCUT2D eigenvalue weighted by molar-refractivity contribution is 1.09. The summed E-state index contributed by atoms with van der Waals surface area (Å²) in [7, 11) is 0. The van der Waals surface area contributed by atoms with Crippen LogP contribution in [0.4, 0.5) is 0 Å². The van der Waals surface area contributed by atoms with Crippen LogP contribution in [0.15, 0.2) is 140 Å². The maximum atomic E-state index is 2.43. The number of aromatic nitrogens is 2. The SMILES string of the molecule is C1=CCc2c(n(-c3ccc4c(c3)c3ccccc3n4-c3cccc(-c4ccccc4)c3)c3ccccc23)C=C1. The van der Waals surface area contributed by atoms with Crippen molar-refractivity contribution >= 4 is 38.8 Å². The van der Waals surface area contributed by atoms with Crippen molar-refractivity contribution in [1.82, 2.24) is 9.13 Å². The van der Waals surface area contributed by atoms with Crippen molar-refractivity contribution in [1.29, 1.82) is 0 Å². The second-order valence-electron chi connectivity index (χ2n) is 10.2.